The molecular weight excluding hydrogens is 276 g/mol. The van der Waals surface area contributed by atoms with Crippen molar-refractivity contribution in [1.29, 1.82) is 0 Å². The van der Waals surface area contributed by atoms with E-state index in [1.165, 1.54) is 16.6 Å². The first-order valence-corrected chi connectivity index (χ1v) is 7.93. The zero-order valence-corrected chi connectivity index (χ0v) is 13.2. The third kappa shape index (κ3) is 2.73. The number of H-pyrrole nitrogens is 1. The maximum Gasteiger partial charge on any atom is 0.335 e. The van der Waals surface area contributed by atoms with Crippen LogP contribution in [0.4, 0.5) is 0 Å². The molecule has 1 N–H and O–H groups in total. The van der Waals surface area contributed by atoms with E-state index in [2.05, 4.69) is 28.9 Å². The van der Waals surface area contributed by atoms with Gasteiger partial charge in [0.1, 0.15) is 0 Å². The molecule has 1 aromatic carbocycles. The molecule has 0 radical (unpaired) electrons. The smallest absolute Gasteiger partial charge is 0.335 e. The van der Waals surface area contributed by atoms with Gasteiger partial charge in [0.25, 0.3) is 0 Å². The van der Waals surface area contributed by atoms with Crippen LogP contribution in [0.25, 0.3) is 10.9 Å². The van der Waals surface area contributed by atoms with Crippen LogP contribution in [0.1, 0.15) is 25.1 Å². The van der Waals surface area contributed by atoms with E-state index < -0.39 is 0 Å². The lowest BCUT2D eigenvalue weighted by molar-refractivity contribution is -0.138. The van der Waals surface area contributed by atoms with Gasteiger partial charge in [-0.15, -0.1) is 0 Å². The Morgan fingerprint density at radius 2 is 2.14 bits per heavy atom. The molecule has 0 amide bonds. The van der Waals surface area contributed by atoms with Gasteiger partial charge in [0, 0.05) is 48.7 Å². The Bertz CT molecular complexity index is 715. The van der Waals surface area contributed by atoms with Gasteiger partial charge in [-0.3, -0.25) is 0 Å². The van der Waals surface area contributed by atoms with Gasteiger partial charge in [0.2, 0.25) is 0 Å². The van der Waals surface area contributed by atoms with Crippen LogP contribution in [0.15, 0.2) is 36.0 Å². The molecule has 3 rings (SSSR count). The Morgan fingerprint density at radius 3 is 2.91 bits per heavy atom. The second-order valence-electron chi connectivity index (χ2n) is 5.56. The van der Waals surface area contributed by atoms with E-state index in [1.807, 2.05) is 25.3 Å². The standard InChI is InChI=1S/C18H22N2O2/c1-3-20-10-9-17-15(11-13(12-20)18(21)22-4-2)14-7-5-6-8-16(14)19-17/h5-8,12,19H,3-4,9-11H2,1-2H3/b13-12+. The molecule has 22 heavy (non-hydrogen) atoms. The second kappa shape index (κ2) is 6.26. The predicted octanol–water partition coefficient (Wildman–Crippen LogP) is 3.04. The minimum atomic E-state index is -0.209. The SMILES string of the molecule is CCOC(=O)/C1=C/N(CC)CCc2[nH]c3ccccc3c2C1. The molecule has 1 aromatic heterocycles. The van der Waals surface area contributed by atoms with Crippen molar-refractivity contribution in [3.05, 3.63) is 47.3 Å². The first-order valence-electron chi connectivity index (χ1n) is 7.93. The van der Waals surface area contributed by atoms with E-state index in [9.17, 15) is 4.79 Å². The molecule has 0 saturated heterocycles. The predicted molar refractivity (Wildman–Crippen MR) is 87.7 cm³/mol. The lowest BCUT2D eigenvalue weighted by atomic mass is 9.99. The first kappa shape index (κ1) is 14.7. The van der Waals surface area contributed by atoms with E-state index in [1.54, 1.807) is 0 Å². The summed E-state index contributed by atoms with van der Waals surface area (Å²) in [6, 6.07) is 8.28. The van der Waals surface area contributed by atoms with Crippen LogP contribution < -0.4 is 0 Å². The van der Waals surface area contributed by atoms with Crippen molar-refractivity contribution in [2.75, 3.05) is 19.7 Å². The summed E-state index contributed by atoms with van der Waals surface area (Å²) in [5.74, 6) is -0.209. The molecule has 0 unspecified atom stereocenters. The van der Waals surface area contributed by atoms with Gasteiger partial charge in [-0.1, -0.05) is 18.2 Å². The van der Waals surface area contributed by atoms with E-state index in [0.29, 0.717) is 13.0 Å². The number of esters is 1. The summed E-state index contributed by atoms with van der Waals surface area (Å²) in [5.41, 5.74) is 4.33. The highest BCUT2D eigenvalue weighted by Crippen LogP contribution is 2.27. The van der Waals surface area contributed by atoms with E-state index >= 15 is 0 Å². The second-order valence-corrected chi connectivity index (χ2v) is 5.56. The first-order chi connectivity index (χ1) is 10.7. The van der Waals surface area contributed by atoms with Crippen molar-refractivity contribution in [2.45, 2.75) is 26.7 Å². The highest BCUT2D eigenvalue weighted by atomic mass is 16.5. The highest BCUT2D eigenvalue weighted by molar-refractivity contribution is 5.91. The number of aromatic amines is 1. The molecule has 0 spiro atoms. The number of carbonyl (C=O) groups is 1. The van der Waals surface area contributed by atoms with Gasteiger partial charge >= 0.3 is 5.97 Å². The average molecular weight is 298 g/mol. The fraction of sp³-hybridized carbons (Fsp3) is 0.389. The Labute approximate surface area is 130 Å². The Kier molecular flexibility index (Phi) is 4.18. The fourth-order valence-corrected chi connectivity index (χ4v) is 3.05. The number of para-hydroxylation sites is 1. The van der Waals surface area contributed by atoms with Crippen LogP contribution in [0.5, 0.6) is 0 Å². The van der Waals surface area contributed by atoms with E-state index in [0.717, 1.165) is 30.6 Å². The highest BCUT2D eigenvalue weighted by Gasteiger charge is 2.21. The van der Waals surface area contributed by atoms with E-state index in [4.69, 9.17) is 4.74 Å². The summed E-state index contributed by atoms with van der Waals surface area (Å²) in [7, 11) is 0. The van der Waals surface area contributed by atoms with Crippen LogP contribution in [-0.4, -0.2) is 35.5 Å². The topological polar surface area (TPSA) is 45.3 Å². The Balaban J connectivity index is 2.04. The summed E-state index contributed by atoms with van der Waals surface area (Å²) in [6.45, 7) is 6.14. The molecule has 0 bridgehead atoms. The minimum absolute atomic E-state index is 0.209. The number of nitrogens with zero attached hydrogens (tertiary/aromatic N) is 1. The third-order valence-electron chi connectivity index (χ3n) is 4.20. The molecule has 4 heteroatoms. The summed E-state index contributed by atoms with van der Waals surface area (Å²) in [5, 5.41) is 1.21. The molecular formula is C18H22N2O2. The number of likely N-dealkylation sites (N-methyl/N-ethyl adjacent to an activating group) is 1. The van der Waals surface area contributed by atoms with Crippen molar-refractivity contribution in [1.82, 2.24) is 9.88 Å². The molecule has 2 heterocycles. The summed E-state index contributed by atoms with van der Waals surface area (Å²) in [4.78, 5) is 18.0. The van der Waals surface area contributed by atoms with Crippen molar-refractivity contribution in [3.63, 3.8) is 0 Å². The number of fused-ring (bicyclic) bond motifs is 3. The van der Waals surface area contributed by atoms with Crippen LogP contribution in [0, 0.1) is 0 Å². The monoisotopic (exact) mass is 298 g/mol. The number of ether oxygens (including phenoxy) is 1. The maximum absolute atomic E-state index is 12.3. The van der Waals surface area contributed by atoms with Crippen molar-refractivity contribution in [2.24, 2.45) is 0 Å². The fourth-order valence-electron chi connectivity index (χ4n) is 3.05. The molecule has 1 aliphatic heterocycles. The van der Waals surface area contributed by atoms with Crippen LogP contribution in [0.2, 0.25) is 0 Å². The van der Waals surface area contributed by atoms with Crippen molar-refractivity contribution in [3.8, 4) is 0 Å². The summed E-state index contributed by atoms with van der Waals surface area (Å²) in [6.07, 6.45) is 3.56. The zero-order chi connectivity index (χ0) is 15.5. The molecule has 0 aliphatic carbocycles. The summed E-state index contributed by atoms with van der Waals surface area (Å²) >= 11 is 0. The van der Waals surface area contributed by atoms with Gasteiger partial charge in [-0.25, -0.2) is 4.79 Å². The van der Waals surface area contributed by atoms with Gasteiger partial charge in [-0.2, -0.15) is 0 Å². The quantitative estimate of drug-likeness (QED) is 0.886. The lowest BCUT2D eigenvalue weighted by Gasteiger charge is -2.22. The molecule has 0 atom stereocenters. The lowest BCUT2D eigenvalue weighted by Crippen LogP contribution is -2.25. The molecule has 4 nitrogen and oxygen atoms in total. The minimum Gasteiger partial charge on any atom is -0.463 e. The van der Waals surface area contributed by atoms with Crippen LogP contribution in [-0.2, 0) is 22.4 Å². The number of hydrogen-bond acceptors (Lipinski definition) is 3. The van der Waals surface area contributed by atoms with Gasteiger partial charge in [0.05, 0.1) is 12.2 Å². The maximum atomic E-state index is 12.3. The number of nitrogens with one attached hydrogen (secondary N) is 1. The number of benzene rings is 1. The molecule has 2 aromatic rings. The van der Waals surface area contributed by atoms with Gasteiger partial charge < -0.3 is 14.6 Å². The zero-order valence-electron chi connectivity index (χ0n) is 13.2. The van der Waals surface area contributed by atoms with Gasteiger partial charge in [-0.05, 0) is 25.5 Å². The number of rotatable bonds is 3. The molecule has 116 valence electrons. The van der Waals surface area contributed by atoms with Crippen molar-refractivity contribution >= 4 is 16.9 Å². The normalized spacial score (nSPS) is 17.4. The number of aromatic nitrogens is 1. The Morgan fingerprint density at radius 1 is 1.32 bits per heavy atom. The van der Waals surface area contributed by atoms with E-state index in [-0.39, 0.29) is 5.97 Å². The molecule has 0 fully saturated rings. The average Bonchev–Trinajstić information content (AvgIpc) is 2.85. The van der Waals surface area contributed by atoms with Crippen LogP contribution >= 0.6 is 0 Å². The third-order valence-corrected chi connectivity index (χ3v) is 4.20. The van der Waals surface area contributed by atoms with Gasteiger partial charge in [0.15, 0.2) is 0 Å². The number of hydrogen-bond donors (Lipinski definition) is 1. The number of carbonyl (C=O) groups excluding carboxylic acids is 1. The Hall–Kier alpha value is -2.23. The largest absolute Gasteiger partial charge is 0.463 e. The molecule has 0 saturated carbocycles. The van der Waals surface area contributed by atoms with Crippen molar-refractivity contribution < 1.29 is 9.53 Å². The molecule has 1 aliphatic rings. The summed E-state index contributed by atoms with van der Waals surface area (Å²) < 4.78 is 5.23. The van der Waals surface area contributed by atoms with Crippen LogP contribution in [0.3, 0.4) is 0 Å².